The Morgan fingerprint density at radius 2 is 1.46 bits per heavy atom. The minimum absolute atomic E-state index is 0.0527. The van der Waals surface area contributed by atoms with E-state index in [9.17, 15) is 4.79 Å². The maximum atomic E-state index is 13.3. The number of amides is 1. The molecule has 0 radical (unpaired) electrons. The zero-order valence-corrected chi connectivity index (χ0v) is 20.9. The van der Waals surface area contributed by atoms with Crippen LogP contribution in [0.2, 0.25) is 0 Å². The molecule has 0 aliphatic carbocycles. The molecule has 1 aliphatic heterocycles. The fourth-order valence-electron chi connectivity index (χ4n) is 5.07. The van der Waals surface area contributed by atoms with Crippen molar-refractivity contribution in [2.75, 3.05) is 26.2 Å². The van der Waals surface area contributed by atoms with Gasteiger partial charge in [0.05, 0.1) is 18.7 Å². The van der Waals surface area contributed by atoms with Crippen LogP contribution in [0.3, 0.4) is 0 Å². The normalized spacial score (nSPS) is 15.1. The molecule has 4 heteroatoms. The predicted molar refractivity (Wildman–Crippen MR) is 141 cm³/mol. The molecule has 0 bridgehead atoms. The lowest BCUT2D eigenvalue weighted by Gasteiger charge is -2.39. The van der Waals surface area contributed by atoms with Crippen molar-refractivity contribution in [2.45, 2.75) is 38.6 Å². The summed E-state index contributed by atoms with van der Waals surface area (Å²) >= 11 is 0. The summed E-state index contributed by atoms with van der Waals surface area (Å²) in [7, 11) is 0. The largest absolute Gasteiger partial charge is 0.464 e. The minimum atomic E-state index is 0.0527. The Balaban J connectivity index is 1.29. The Morgan fingerprint density at radius 3 is 2.03 bits per heavy atom. The van der Waals surface area contributed by atoms with Crippen LogP contribution in [-0.4, -0.2) is 41.9 Å². The highest BCUT2D eigenvalue weighted by molar-refractivity contribution is 5.88. The Kier molecular flexibility index (Phi) is 6.48. The van der Waals surface area contributed by atoms with Crippen LogP contribution in [0.5, 0.6) is 0 Å². The summed E-state index contributed by atoms with van der Waals surface area (Å²) in [6.07, 6.45) is 2.13. The smallest absolute Gasteiger partial charge is 0.227 e. The van der Waals surface area contributed by atoms with E-state index in [0.717, 1.165) is 42.7 Å². The molecule has 4 nitrogen and oxygen atoms in total. The second-order valence-corrected chi connectivity index (χ2v) is 10.5. The lowest BCUT2D eigenvalue weighted by molar-refractivity contribution is -0.132. The molecule has 1 fully saturated rings. The maximum Gasteiger partial charge on any atom is 0.227 e. The Morgan fingerprint density at radius 1 is 0.857 bits per heavy atom. The first-order chi connectivity index (χ1) is 16.9. The second-order valence-electron chi connectivity index (χ2n) is 10.5. The van der Waals surface area contributed by atoms with Gasteiger partial charge in [-0.3, -0.25) is 9.69 Å². The van der Waals surface area contributed by atoms with Crippen LogP contribution in [0, 0.1) is 0 Å². The number of hydrogen-bond acceptors (Lipinski definition) is 3. The molecule has 180 valence electrons. The first-order valence-electron chi connectivity index (χ1n) is 12.5. The highest BCUT2D eigenvalue weighted by Crippen LogP contribution is 2.31. The number of carbonyl (C=O) groups is 1. The number of fused-ring (bicyclic) bond motifs is 1. The lowest BCUT2D eigenvalue weighted by Crippen LogP contribution is -2.50. The van der Waals surface area contributed by atoms with E-state index >= 15 is 0 Å². The third-order valence-corrected chi connectivity index (χ3v) is 7.12. The minimum Gasteiger partial charge on any atom is -0.464 e. The molecule has 1 saturated heterocycles. The topological polar surface area (TPSA) is 36.7 Å². The van der Waals surface area contributed by atoms with Crippen LogP contribution >= 0.6 is 0 Å². The molecule has 3 aromatic carbocycles. The standard InChI is InChI=1S/C31H34N2O2/c1-31(2,3)26-14-15-28-27(21-26)25(22-35-28)20-29(34)32-16-18-33(19-17-32)30(23-10-6-4-7-11-23)24-12-8-5-9-13-24/h4-15,21-22,30H,16-20H2,1-3H3. The fraction of sp³-hybridized carbons (Fsp3) is 0.323. The van der Waals surface area contributed by atoms with Crippen LogP contribution in [0.15, 0.2) is 89.5 Å². The summed E-state index contributed by atoms with van der Waals surface area (Å²) in [6, 6.07) is 27.9. The Bertz CT molecular complexity index is 1240. The lowest BCUT2D eigenvalue weighted by atomic mass is 9.86. The van der Waals surface area contributed by atoms with Gasteiger partial charge in [-0.15, -0.1) is 0 Å². The number of rotatable bonds is 5. The van der Waals surface area contributed by atoms with E-state index in [4.69, 9.17) is 4.42 Å². The van der Waals surface area contributed by atoms with Crippen LogP contribution in [0.4, 0.5) is 0 Å². The van der Waals surface area contributed by atoms with Crippen LogP contribution < -0.4 is 0 Å². The molecule has 1 amide bonds. The molecule has 4 aromatic rings. The van der Waals surface area contributed by atoms with Gasteiger partial charge in [0.1, 0.15) is 5.58 Å². The van der Waals surface area contributed by atoms with Gasteiger partial charge in [0.2, 0.25) is 5.91 Å². The molecule has 0 unspecified atom stereocenters. The second kappa shape index (κ2) is 9.71. The molecule has 0 saturated carbocycles. The Hall–Kier alpha value is -3.37. The van der Waals surface area contributed by atoms with Crippen LogP contribution in [-0.2, 0) is 16.6 Å². The first kappa shape index (κ1) is 23.4. The van der Waals surface area contributed by atoms with Gasteiger partial charge in [0.25, 0.3) is 0 Å². The summed E-state index contributed by atoms with van der Waals surface area (Å²) in [4.78, 5) is 17.8. The van der Waals surface area contributed by atoms with Gasteiger partial charge in [-0.05, 0) is 34.2 Å². The van der Waals surface area contributed by atoms with Gasteiger partial charge in [0, 0.05) is 37.1 Å². The average molecular weight is 467 g/mol. The molecule has 0 atom stereocenters. The van der Waals surface area contributed by atoms with E-state index in [1.807, 2.05) is 11.0 Å². The SMILES string of the molecule is CC(C)(C)c1ccc2occ(CC(=O)N3CCN(C(c4ccccc4)c4ccccc4)CC3)c2c1. The van der Waals surface area contributed by atoms with Crippen molar-refractivity contribution in [1.29, 1.82) is 0 Å². The van der Waals surface area contributed by atoms with Gasteiger partial charge in [-0.25, -0.2) is 0 Å². The first-order valence-corrected chi connectivity index (χ1v) is 12.5. The number of furan rings is 1. The van der Waals surface area contributed by atoms with Gasteiger partial charge < -0.3 is 9.32 Å². The molecular weight excluding hydrogens is 432 g/mol. The molecular formula is C31H34N2O2. The summed E-state index contributed by atoms with van der Waals surface area (Å²) in [5, 5.41) is 1.05. The summed E-state index contributed by atoms with van der Waals surface area (Å²) < 4.78 is 5.77. The van der Waals surface area contributed by atoms with Crippen molar-refractivity contribution in [3.8, 4) is 0 Å². The third-order valence-electron chi connectivity index (χ3n) is 7.12. The van der Waals surface area contributed by atoms with Gasteiger partial charge in [0.15, 0.2) is 0 Å². The molecule has 5 rings (SSSR count). The molecule has 0 spiro atoms. The highest BCUT2D eigenvalue weighted by Gasteiger charge is 2.28. The Labute approximate surface area is 208 Å². The van der Waals surface area contributed by atoms with Crippen molar-refractivity contribution in [3.63, 3.8) is 0 Å². The monoisotopic (exact) mass is 466 g/mol. The van der Waals surface area contributed by atoms with Crippen molar-refractivity contribution in [2.24, 2.45) is 0 Å². The number of piperazine rings is 1. The van der Waals surface area contributed by atoms with E-state index in [1.165, 1.54) is 16.7 Å². The number of carbonyl (C=O) groups excluding carboxylic acids is 1. The zero-order chi connectivity index (χ0) is 24.4. The fourth-order valence-corrected chi connectivity index (χ4v) is 5.07. The molecule has 1 aliphatic rings. The van der Waals surface area contributed by atoms with E-state index < -0.39 is 0 Å². The van der Waals surface area contributed by atoms with Crippen molar-refractivity contribution in [1.82, 2.24) is 9.80 Å². The van der Waals surface area contributed by atoms with Crippen LogP contribution in [0.1, 0.15) is 49.1 Å². The van der Waals surface area contributed by atoms with E-state index in [2.05, 4.69) is 98.5 Å². The van der Waals surface area contributed by atoms with Gasteiger partial charge in [-0.2, -0.15) is 0 Å². The number of benzene rings is 3. The molecule has 0 N–H and O–H groups in total. The van der Waals surface area contributed by atoms with E-state index in [1.54, 1.807) is 6.26 Å². The number of hydrogen-bond donors (Lipinski definition) is 0. The summed E-state index contributed by atoms with van der Waals surface area (Å²) in [5.41, 5.74) is 5.71. The average Bonchev–Trinajstić information content (AvgIpc) is 3.27. The zero-order valence-electron chi connectivity index (χ0n) is 20.9. The quantitative estimate of drug-likeness (QED) is 0.351. The number of nitrogens with zero attached hydrogens (tertiary/aromatic N) is 2. The summed E-state index contributed by atoms with van der Waals surface area (Å²) in [5.74, 6) is 0.171. The van der Waals surface area contributed by atoms with Gasteiger partial charge >= 0.3 is 0 Å². The summed E-state index contributed by atoms with van der Waals surface area (Å²) in [6.45, 7) is 9.78. The van der Waals surface area contributed by atoms with Crippen molar-refractivity contribution < 1.29 is 9.21 Å². The van der Waals surface area contributed by atoms with E-state index in [0.29, 0.717) is 6.42 Å². The predicted octanol–water partition coefficient (Wildman–Crippen LogP) is 6.21. The van der Waals surface area contributed by atoms with Crippen molar-refractivity contribution in [3.05, 3.63) is 107 Å². The van der Waals surface area contributed by atoms with E-state index in [-0.39, 0.29) is 17.4 Å². The molecule has 2 heterocycles. The molecule has 1 aromatic heterocycles. The van der Waals surface area contributed by atoms with Crippen molar-refractivity contribution >= 4 is 16.9 Å². The third kappa shape index (κ3) is 5.03. The van der Waals surface area contributed by atoms with Gasteiger partial charge in [-0.1, -0.05) is 87.5 Å². The highest BCUT2D eigenvalue weighted by atomic mass is 16.3. The molecule has 35 heavy (non-hydrogen) atoms. The van der Waals surface area contributed by atoms with Crippen LogP contribution in [0.25, 0.3) is 11.0 Å². The maximum absolute atomic E-state index is 13.3.